The summed E-state index contributed by atoms with van der Waals surface area (Å²) < 4.78 is 0. The molecule has 0 bridgehead atoms. The predicted molar refractivity (Wildman–Crippen MR) is 73.6 cm³/mol. The van der Waals surface area contributed by atoms with E-state index in [1.807, 2.05) is 11.8 Å². The fourth-order valence-electron chi connectivity index (χ4n) is 2.20. The smallest absolute Gasteiger partial charge is 0.0634 e. The molecule has 1 heterocycles. The number of nitriles is 1. The zero-order chi connectivity index (χ0) is 12.4. The van der Waals surface area contributed by atoms with Crippen molar-refractivity contribution < 1.29 is 0 Å². The Morgan fingerprint density at radius 2 is 2.24 bits per heavy atom. The van der Waals surface area contributed by atoms with Crippen LogP contribution in [0.25, 0.3) is 0 Å². The van der Waals surface area contributed by atoms with E-state index in [1.54, 1.807) is 0 Å². The highest BCUT2D eigenvalue weighted by atomic mass is 32.2. The van der Waals surface area contributed by atoms with E-state index in [-0.39, 0.29) is 0 Å². The summed E-state index contributed by atoms with van der Waals surface area (Å²) in [6, 6.07) is 9.40. The van der Waals surface area contributed by atoms with Crippen molar-refractivity contribution in [2.45, 2.75) is 42.9 Å². The van der Waals surface area contributed by atoms with E-state index >= 15 is 0 Å². The first-order valence-electron chi connectivity index (χ1n) is 6.06. The molecule has 90 valence electrons. The molecule has 2 rings (SSSR count). The van der Waals surface area contributed by atoms with Gasteiger partial charge in [-0.3, -0.25) is 0 Å². The van der Waals surface area contributed by atoms with Gasteiger partial charge in [-0.15, -0.1) is 11.8 Å². The molecular weight excluding hydrogens is 228 g/mol. The third kappa shape index (κ3) is 2.28. The highest BCUT2D eigenvalue weighted by Crippen LogP contribution is 2.42. The zero-order valence-electron chi connectivity index (χ0n) is 10.6. The number of benzene rings is 1. The van der Waals surface area contributed by atoms with Crippen molar-refractivity contribution in [2.24, 2.45) is 0 Å². The Balaban J connectivity index is 2.35. The molecule has 2 atom stereocenters. The van der Waals surface area contributed by atoms with Gasteiger partial charge >= 0.3 is 0 Å². The van der Waals surface area contributed by atoms with Gasteiger partial charge in [-0.2, -0.15) is 5.26 Å². The molecular formula is C14H18N2S. The van der Waals surface area contributed by atoms with E-state index in [2.05, 4.69) is 50.1 Å². The van der Waals surface area contributed by atoms with Crippen LogP contribution in [0, 0.1) is 11.3 Å². The maximum atomic E-state index is 8.89. The van der Waals surface area contributed by atoms with E-state index in [9.17, 15) is 0 Å². The summed E-state index contributed by atoms with van der Waals surface area (Å²) in [7, 11) is 2.12. The minimum absolute atomic E-state index is 0.379. The second-order valence-corrected chi connectivity index (χ2v) is 5.81. The third-order valence-electron chi connectivity index (χ3n) is 3.53. The highest BCUT2D eigenvalue weighted by molar-refractivity contribution is 8.00. The van der Waals surface area contributed by atoms with Crippen molar-refractivity contribution in [2.75, 3.05) is 11.9 Å². The van der Waals surface area contributed by atoms with Crippen LogP contribution in [0.1, 0.15) is 25.8 Å². The van der Waals surface area contributed by atoms with Crippen LogP contribution >= 0.6 is 11.8 Å². The molecule has 0 N–H and O–H groups in total. The lowest BCUT2D eigenvalue weighted by atomic mass is 10.1. The van der Waals surface area contributed by atoms with Gasteiger partial charge in [-0.25, -0.2) is 0 Å². The lowest BCUT2D eigenvalue weighted by Crippen LogP contribution is -2.40. The average Bonchev–Trinajstić information content (AvgIpc) is 2.35. The van der Waals surface area contributed by atoms with Crippen LogP contribution in [0.2, 0.25) is 0 Å². The topological polar surface area (TPSA) is 27.0 Å². The predicted octanol–water partition coefficient (Wildman–Crippen LogP) is 3.46. The van der Waals surface area contributed by atoms with Gasteiger partial charge in [-0.1, -0.05) is 13.0 Å². The molecule has 2 unspecified atom stereocenters. The molecule has 0 saturated carbocycles. The van der Waals surface area contributed by atoms with Gasteiger partial charge in [0.1, 0.15) is 0 Å². The van der Waals surface area contributed by atoms with Crippen LogP contribution in [0.15, 0.2) is 23.1 Å². The van der Waals surface area contributed by atoms with Crippen molar-refractivity contribution in [3.8, 4) is 6.07 Å². The van der Waals surface area contributed by atoms with E-state index < -0.39 is 0 Å². The van der Waals surface area contributed by atoms with Crippen LogP contribution in [0.5, 0.6) is 0 Å². The average molecular weight is 246 g/mol. The normalized spacial score (nSPS) is 23.1. The fraction of sp³-hybridized carbons (Fsp3) is 0.500. The first kappa shape index (κ1) is 12.3. The van der Waals surface area contributed by atoms with E-state index in [0.29, 0.717) is 17.7 Å². The van der Waals surface area contributed by atoms with Gasteiger partial charge in [-0.05, 0) is 31.0 Å². The minimum Gasteiger partial charge on any atom is -0.370 e. The molecule has 2 nitrogen and oxygen atoms in total. The van der Waals surface area contributed by atoms with E-state index in [4.69, 9.17) is 5.26 Å². The molecule has 0 radical (unpaired) electrons. The maximum absolute atomic E-state index is 8.89. The zero-order valence-corrected chi connectivity index (χ0v) is 11.4. The second-order valence-electron chi connectivity index (χ2n) is 4.53. The monoisotopic (exact) mass is 246 g/mol. The van der Waals surface area contributed by atoms with Crippen molar-refractivity contribution in [1.29, 1.82) is 5.26 Å². The quantitative estimate of drug-likeness (QED) is 0.799. The van der Waals surface area contributed by atoms with Crippen LogP contribution in [0.4, 0.5) is 5.69 Å². The van der Waals surface area contributed by atoms with Crippen LogP contribution < -0.4 is 4.90 Å². The van der Waals surface area contributed by atoms with Gasteiger partial charge in [0.25, 0.3) is 0 Å². The number of thioether (sulfide) groups is 1. The molecule has 0 aliphatic carbocycles. The second kappa shape index (κ2) is 5.01. The van der Waals surface area contributed by atoms with Gasteiger partial charge < -0.3 is 4.90 Å². The number of aryl methyl sites for hydroxylation is 1. The Bertz CT molecular complexity index is 450. The summed E-state index contributed by atoms with van der Waals surface area (Å²) in [6.07, 6.45) is 1.68. The minimum atomic E-state index is 0.379. The number of anilines is 1. The standard InChI is InChI=1S/C14H18N2S/c1-4-11-5-6-12-14(9-11)17-13(7-8-15)10(2)16(12)3/h5-6,9-10,13H,4,7H2,1-3H3. The molecule has 0 fully saturated rings. The van der Waals surface area contributed by atoms with Gasteiger partial charge in [0.15, 0.2) is 0 Å². The van der Waals surface area contributed by atoms with Gasteiger partial charge in [0.05, 0.1) is 11.8 Å². The maximum Gasteiger partial charge on any atom is 0.0634 e. The van der Waals surface area contributed by atoms with Crippen molar-refractivity contribution in [3.63, 3.8) is 0 Å². The van der Waals surface area contributed by atoms with Crippen LogP contribution in [0.3, 0.4) is 0 Å². The van der Waals surface area contributed by atoms with Crippen molar-refractivity contribution in [1.82, 2.24) is 0 Å². The summed E-state index contributed by atoms with van der Waals surface area (Å²) in [4.78, 5) is 3.62. The fourth-order valence-corrected chi connectivity index (χ4v) is 3.61. The summed E-state index contributed by atoms with van der Waals surface area (Å²) in [5.74, 6) is 0. The molecule has 1 aliphatic rings. The third-order valence-corrected chi connectivity index (χ3v) is 4.98. The Morgan fingerprint density at radius 3 is 2.88 bits per heavy atom. The van der Waals surface area contributed by atoms with Crippen LogP contribution in [-0.4, -0.2) is 18.3 Å². The van der Waals surface area contributed by atoms with Gasteiger partial charge in [0, 0.05) is 29.7 Å². The molecule has 0 spiro atoms. The molecule has 17 heavy (non-hydrogen) atoms. The summed E-state index contributed by atoms with van der Waals surface area (Å²) in [5, 5.41) is 9.27. The number of fused-ring (bicyclic) bond motifs is 1. The molecule has 0 amide bonds. The lowest BCUT2D eigenvalue weighted by Gasteiger charge is -2.38. The molecule has 1 aliphatic heterocycles. The molecule has 0 aromatic heterocycles. The molecule has 1 aromatic carbocycles. The highest BCUT2D eigenvalue weighted by Gasteiger charge is 2.29. The number of hydrogen-bond donors (Lipinski definition) is 0. The van der Waals surface area contributed by atoms with E-state index in [1.165, 1.54) is 16.1 Å². The SMILES string of the molecule is CCc1ccc2c(c1)SC(CC#N)C(C)N2C. The van der Waals surface area contributed by atoms with E-state index in [0.717, 1.165) is 6.42 Å². The number of rotatable bonds is 2. The Labute approximate surface area is 108 Å². The Hall–Kier alpha value is -1.14. The van der Waals surface area contributed by atoms with Crippen LogP contribution in [-0.2, 0) is 6.42 Å². The first-order chi connectivity index (χ1) is 8.17. The lowest BCUT2D eigenvalue weighted by molar-refractivity contribution is 0.638. The number of hydrogen-bond acceptors (Lipinski definition) is 3. The van der Waals surface area contributed by atoms with Gasteiger partial charge in [0.2, 0.25) is 0 Å². The number of nitrogens with zero attached hydrogens (tertiary/aromatic N) is 2. The Morgan fingerprint density at radius 1 is 1.47 bits per heavy atom. The summed E-state index contributed by atoms with van der Waals surface area (Å²) >= 11 is 1.86. The largest absolute Gasteiger partial charge is 0.370 e. The Kier molecular flexibility index (Phi) is 3.63. The molecule has 1 aromatic rings. The molecule has 3 heteroatoms. The molecule has 0 saturated heterocycles. The van der Waals surface area contributed by atoms with Crippen molar-refractivity contribution >= 4 is 17.4 Å². The first-order valence-corrected chi connectivity index (χ1v) is 6.94. The summed E-state index contributed by atoms with van der Waals surface area (Å²) in [6.45, 7) is 4.37. The van der Waals surface area contributed by atoms with Crippen molar-refractivity contribution in [3.05, 3.63) is 23.8 Å². The summed E-state index contributed by atoms with van der Waals surface area (Å²) in [5.41, 5.74) is 2.67.